The first-order valence-corrected chi connectivity index (χ1v) is 13.9. The third-order valence-corrected chi connectivity index (χ3v) is 8.40. The zero-order valence-corrected chi connectivity index (χ0v) is 22.4. The zero-order chi connectivity index (χ0) is 24.8. The Morgan fingerprint density at radius 1 is 0.806 bits per heavy atom. The number of benzene rings is 3. The maximum atomic E-state index is 13.4. The topological polar surface area (TPSA) is 32.8 Å². The summed E-state index contributed by atoms with van der Waals surface area (Å²) in [6.45, 7) is 5.16. The number of carbonyl (C=O) groups excluding carboxylic acids is 1. The smallest absolute Gasteiger partial charge is 0.229 e. The molecule has 1 spiro atoms. The first-order valence-electron chi connectivity index (χ1n) is 13.1. The van der Waals surface area contributed by atoms with E-state index in [1.807, 2.05) is 6.07 Å². The van der Waals surface area contributed by atoms with Crippen LogP contribution in [0.5, 0.6) is 0 Å². The van der Waals surface area contributed by atoms with Crippen LogP contribution in [0, 0.1) is 5.41 Å². The largest absolute Gasteiger partial charge is 0.369 e. The third-order valence-electron chi connectivity index (χ3n) is 7.87. The Kier molecular flexibility index (Phi) is 8.20. The van der Waals surface area contributed by atoms with Crippen molar-refractivity contribution in [3.05, 3.63) is 106 Å². The molecule has 5 heteroatoms. The van der Waals surface area contributed by atoms with Crippen LogP contribution in [0.15, 0.2) is 89.4 Å². The summed E-state index contributed by atoms with van der Waals surface area (Å²) in [5, 5.41) is 0. The molecule has 3 aromatic carbocycles. The number of likely N-dealkylation sites (tertiary alicyclic amines) is 2. The summed E-state index contributed by atoms with van der Waals surface area (Å²) in [5.74, 6) is 0.360. The normalized spacial score (nSPS) is 18.6. The van der Waals surface area contributed by atoms with Crippen molar-refractivity contribution in [3.8, 4) is 0 Å². The van der Waals surface area contributed by atoms with Crippen molar-refractivity contribution in [2.24, 2.45) is 5.41 Å². The van der Waals surface area contributed by atoms with E-state index in [2.05, 4.69) is 105 Å². The van der Waals surface area contributed by atoms with Crippen molar-refractivity contribution in [1.82, 2.24) is 9.80 Å². The molecule has 0 aliphatic carbocycles. The molecule has 0 saturated carbocycles. The van der Waals surface area contributed by atoms with Gasteiger partial charge in [0.25, 0.3) is 0 Å². The number of nitrogens with zero attached hydrogens (tertiary/aromatic N) is 2. The van der Waals surface area contributed by atoms with Gasteiger partial charge in [-0.2, -0.15) is 0 Å². The summed E-state index contributed by atoms with van der Waals surface area (Å²) in [7, 11) is 0. The van der Waals surface area contributed by atoms with E-state index >= 15 is 0 Å². The summed E-state index contributed by atoms with van der Waals surface area (Å²) in [5.41, 5.74) is 3.47. The maximum absolute atomic E-state index is 13.4. The summed E-state index contributed by atoms with van der Waals surface area (Å²) in [6, 6.07) is 29.3. The van der Waals surface area contributed by atoms with Crippen LogP contribution in [0.2, 0.25) is 0 Å². The lowest BCUT2D eigenvalue weighted by atomic mass is 9.77. The molecule has 36 heavy (non-hydrogen) atoms. The van der Waals surface area contributed by atoms with Crippen molar-refractivity contribution >= 4 is 21.8 Å². The van der Waals surface area contributed by atoms with Gasteiger partial charge in [-0.1, -0.05) is 88.7 Å². The van der Waals surface area contributed by atoms with E-state index in [0.29, 0.717) is 12.5 Å². The number of rotatable bonds is 9. The number of piperidine rings is 1. The molecule has 0 bridgehead atoms. The molecule has 2 fully saturated rings. The lowest BCUT2D eigenvalue weighted by Gasteiger charge is -2.38. The summed E-state index contributed by atoms with van der Waals surface area (Å²) >= 11 is 3.49. The van der Waals surface area contributed by atoms with Gasteiger partial charge in [0.2, 0.25) is 5.91 Å². The van der Waals surface area contributed by atoms with E-state index in [1.165, 1.54) is 16.7 Å². The second-order valence-electron chi connectivity index (χ2n) is 10.2. The van der Waals surface area contributed by atoms with Gasteiger partial charge in [0.05, 0.1) is 18.1 Å². The Morgan fingerprint density at radius 3 is 2.14 bits per heavy atom. The molecular weight excluding hydrogens is 512 g/mol. The summed E-state index contributed by atoms with van der Waals surface area (Å²) in [4.78, 5) is 18.0. The van der Waals surface area contributed by atoms with Crippen molar-refractivity contribution in [1.29, 1.82) is 0 Å². The van der Waals surface area contributed by atoms with Gasteiger partial charge in [-0.05, 0) is 67.6 Å². The van der Waals surface area contributed by atoms with Gasteiger partial charge in [0.15, 0.2) is 0 Å². The molecule has 0 N–H and O–H groups in total. The Morgan fingerprint density at radius 2 is 1.44 bits per heavy atom. The van der Waals surface area contributed by atoms with E-state index in [0.717, 1.165) is 62.9 Å². The molecule has 2 saturated heterocycles. The van der Waals surface area contributed by atoms with Crippen LogP contribution < -0.4 is 0 Å². The summed E-state index contributed by atoms with van der Waals surface area (Å²) < 4.78 is 7.48. The van der Waals surface area contributed by atoms with E-state index in [9.17, 15) is 4.79 Å². The second-order valence-corrected chi connectivity index (χ2v) is 11.1. The molecule has 188 valence electrons. The number of ether oxygens (including phenoxy) is 1. The lowest BCUT2D eigenvalue weighted by molar-refractivity contribution is -0.139. The minimum Gasteiger partial charge on any atom is -0.369 e. The predicted octanol–water partition coefficient (Wildman–Crippen LogP) is 6.61. The first kappa shape index (κ1) is 25.2. The molecular formula is C31H35BrN2O2. The highest BCUT2D eigenvalue weighted by Crippen LogP contribution is 2.42. The van der Waals surface area contributed by atoms with Gasteiger partial charge in [-0.15, -0.1) is 0 Å². The lowest BCUT2D eigenvalue weighted by Crippen LogP contribution is -2.45. The van der Waals surface area contributed by atoms with Crippen molar-refractivity contribution < 1.29 is 9.53 Å². The van der Waals surface area contributed by atoms with Crippen LogP contribution in [0.25, 0.3) is 0 Å². The standard InChI is InChI=1S/C31H35BrN2O2/c32-28-13-11-25(12-14-28)23-34-22-18-31(30(34)35)16-20-33(21-17-31)19-15-29(27-9-5-2-6-10-27)36-24-26-7-3-1-4-8-26/h1-14,29H,15-24H2. The van der Waals surface area contributed by atoms with Crippen molar-refractivity contribution in [2.45, 2.75) is 44.9 Å². The Bertz CT molecular complexity index is 1110. The molecule has 1 amide bonds. The average Bonchev–Trinajstić information content (AvgIpc) is 3.22. The maximum Gasteiger partial charge on any atom is 0.229 e. The number of hydrogen-bond donors (Lipinski definition) is 0. The van der Waals surface area contributed by atoms with Crippen LogP contribution in [-0.2, 0) is 22.7 Å². The van der Waals surface area contributed by atoms with E-state index in [-0.39, 0.29) is 11.5 Å². The minimum atomic E-state index is -0.158. The second kappa shape index (κ2) is 11.7. The first-order chi connectivity index (χ1) is 17.6. The zero-order valence-electron chi connectivity index (χ0n) is 20.8. The fourth-order valence-electron chi connectivity index (χ4n) is 5.61. The van der Waals surface area contributed by atoms with Gasteiger partial charge in [0, 0.05) is 24.1 Å². The number of carbonyl (C=O) groups is 1. The van der Waals surface area contributed by atoms with Crippen LogP contribution in [0.1, 0.15) is 48.5 Å². The van der Waals surface area contributed by atoms with Gasteiger partial charge in [-0.3, -0.25) is 4.79 Å². The van der Waals surface area contributed by atoms with Crippen molar-refractivity contribution in [2.75, 3.05) is 26.2 Å². The predicted molar refractivity (Wildman–Crippen MR) is 147 cm³/mol. The SMILES string of the molecule is O=C1N(Cc2ccc(Br)cc2)CCC12CCN(CCC(OCc1ccccc1)c1ccccc1)CC2. The molecule has 2 aliphatic heterocycles. The molecule has 1 unspecified atom stereocenters. The fourth-order valence-corrected chi connectivity index (χ4v) is 5.87. The number of hydrogen-bond acceptors (Lipinski definition) is 3. The van der Waals surface area contributed by atoms with Crippen LogP contribution >= 0.6 is 15.9 Å². The number of halogens is 1. The highest BCUT2D eigenvalue weighted by Gasteiger charge is 2.47. The molecule has 2 aliphatic rings. The van der Waals surface area contributed by atoms with E-state index in [4.69, 9.17) is 4.74 Å². The van der Waals surface area contributed by atoms with Gasteiger partial charge in [-0.25, -0.2) is 0 Å². The van der Waals surface area contributed by atoms with Crippen molar-refractivity contribution in [3.63, 3.8) is 0 Å². The highest BCUT2D eigenvalue weighted by atomic mass is 79.9. The molecule has 0 aromatic heterocycles. The van der Waals surface area contributed by atoms with Crippen LogP contribution in [0.3, 0.4) is 0 Å². The fraction of sp³-hybridized carbons (Fsp3) is 0.387. The Hall–Kier alpha value is -2.47. The third kappa shape index (κ3) is 6.08. The molecule has 5 rings (SSSR count). The molecule has 4 nitrogen and oxygen atoms in total. The molecule has 2 heterocycles. The average molecular weight is 548 g/mol. The molecule has 3 aromatic rings. The van der Waals surface area contributed by atoms with Gasteiger partial charge < -0.3 is 14.5 Å². The molecule has 0 radical (unpaired) electrons. The number of amides is 1. The van der Waals surface area contributed by atoms with E-state index in [1.54, 1.807) is 0 Å². The van der Waals surface area contributed by atoms with E-state index < -0.39 is 0 Å². The van der Waals surface area contributed by atoms with Gasteiger partial charge in [0.1, 0.15) is 0 Å². The van der Waals surface area contributed by atoms with Crippen LogP contribution in [0.4, 0.5) is 0 Å². The Balaban J connectivity index is 1.14. The monoisotopic (exact) mass is 546 g/mol. The van der Waals surface area contributed by atoms with Crippen LogP contribution in [-0.4, -0.2) is 41.9 Å². The molecule has 1 atom stereocenters. The summed E-state index contributed by atoms with van der Waals surface area (Å²) in [6.07, 6.45) is 3.93. The quantitative estimate of drug-likeness (QED) is 0.302. The van der Waals surface area contributed by atoms with Gasteiger partial charge >= 0.3 is 0 Å². The minimum absolute atomic E-state index is 0.0665. The highest BCUT2D eigenvalue weighted by molar-refractivity contribution is 9.10. The Labute approximate surface area is 223 Å².